The van der Waals surface area contributed by atoms with Crippen LogP contribution in [-0.4, -0.2) is 10.1 Å². The Balaban J connectivity index is 2.22. The molecule has 0 amide bonds. The lowest BCUT2D eigenvalue weighted by molar-refractivity contribution is 0.173. The highest BCUT2D eigenvalue weighted by molar-refractivity contribution is 6.34. The molecule has 0 aliphatic heterocycles. The first-order chi connectivity index (χ1) is 8.95. The molecular weight excluding hydrogens is 281 g/mol. The molecule has 19 heavy (non-hydrogen) atoms. The number of aromatic nitrogens is 1. The van der Waals surface area contributed by atoms with Crippen molar-refractivity contribution in [2.24, 2.45) is 0 Å². The molecule has 0 bridgehead atoms. The van der Waals surface area contributed by atoms with Crippen LogP contribution in [0.25, 0.3) is 0 Å². The number of halogens is 2. The predicted octanol–water partition coefficient (Wildman–Crippen LogP) is 4.28. The first-order valence-corrected chi connectivity index (χ1v) is 6.77. The first kappa shape index (κ1) is 14.3. The summed E-state index contributed by atoms with van der Waals surface area (Å²) in [6, 6.07) is 7.81. The van der Waals surface area contributed by atoms with E-state index in [-0.39, 0.29) is 0 Å². The fourth-order valence-corrected chi connectivity index (χ4v) is 2.68. The molecule has 0 fully saturated rings. The van der Waals surface area contributed by atoms with Crippen LogP contribution in [0.2, 0.25) is 10.0 Å². The number of aryl methyl sites for hydroxylation is 2. The Kier molecular flexibility index (Phi) is 4.46. The zero-order chi connectivity index (χ0) is 14.0. The summed E-state index contributed by atoms with van der Waals surface area (Å²) in [6.07, 6.45) is 1.25. The highest BCUT2D eigenvalue weighted by Gasteiger charge is 2.14. The fraction of sp³-hybridized carbons (Fsp3) is 0.267. The van der Waals surface area contributed by atoms with Crippen LogP contribution < -0.4 is 0 Å². The second kappa shape index (κ2) is 5.91. The first-order valence-electron chi connectivity index (χ1n) is 6.02. The van der Waals surface area contributed by atoms with E-state index in [4.69, 9.17) is 23.2 Å². The van der Waals surface area contributed by atoms with Crippen LogP contribution in [0.4, 0.5) is 0 Å². The largest absolute Gasteiger partial charge is 0.386 e. The van der Waals surface area contributed by atoms with Gasteiger partial charge in [0.25, 0.3) is 0 Å². The number of nitrogens with zero attached hydrogens (tertiary/aromatic N) is 1. The van der Waals surface area contributed by atoms with E-state index in [0.29, 0.717) is 22.2 Å². The van der Waals surface area contributed by atoms with Crippen LogP contribution in [0.15, 0.2) is 30.5 Å². The molecule has 2 aromatic rings. The summed E-state index contributed by atoms with van der Waals surface area (Å²) in [6.45, 7) is 4.08. The molecule has 2 rings (SSSR count). The Morgan fingerprint density at radius 2 is 1.74 bits per heavy atom. The zero-order valence-corrected chi connectivity index (χ0v) is 12.3. The van der Waals surface area contributed by atoms with Gasteiger partial charge in [0.05, 0.1) is 15.7 Å². The molecule has 0 aliphatic rings. The standard InChI is InChI=1S/C15H15Cl2NO/c1-9-3-10(2)5-11(4-9)6-14(19)15-13(17)7-12(16)8-18-15/h3-5,7-8,14,19H,6H2,1-2H3. The van der Waals surface area contributed by atoms with Gasteiger partial charge in [-0.2, -0.15) is 0 Å². The SMILES string of the molecule is Cc1cc(C)cc(CC(O)c2ncc(Cl)cc2Cl)c1. The van der Waals surface area contributed by atoms with Gasteiger partial charge < -0.3 is 5.11 Å². The molecule has 4 heteroatoms. The van der Waals surface area contributed by atoms with E-state index < -0.39 is 6.10 Å². The summed E-state index contributed by atoms with van der Waals surface area (Å²) in [5.74, 6) is 0. The second-order valence-electron chi connectivity index (χ2n) is 4.74. The molecule has 1 heterocycles. The van der Waals surface area contributed by atoms with Crippen LogP contribution in [0.5, 0.6) is 0 Å². The molecule has 0 radical (unpaired) electrons. The maximum Gasteiger partial charge on any atom is 0.101 e. The normalized spacial score (nSPS) is 12.5. The highest BCUT2D eigenvalue weighted by atomic mass is 35.5. The minimum absolute atomic E-state index is 0.393. The molecule has 1 aromatic heterocycles. The molecule has 100 valence electrons. The van der Waals surface area contributed by atoms with E-state index in [1.54, 1.807) is 6.07 Å². The Bertz CT molecular complexity index is 578. The Hall–Kier alpha value is -1.09. The Morgan fingerprint density at radius 1 is 1.11 bits per heavy atom. The molecule has 0 spiro atoms. The number of benzene rings is 1. The summed E-state index contributed by atoms with van der Waals surface area (Å²) >= 11 is 11.8. The monoisotopic (exact) mass is 295 g/mol. The number of hydrogen-bond donors (Lipinski definition) is 1. The zero-order valence-electron chi connectivity index (χ0n) is 10.8. The number of aliphatic hydroxyl groups is 1. The molecule has 1 atom stereocenters. The number of pyridine rings is 1. The third-order valence-electron chi connectivity index (χ3n) is 2.86. The van der Waals surface area contributed by atoms with Crippen molar-refractivity contribution in [3.8, 4) is 0 Å². The second-order valence-corrected chi connectivity index (χ2v) is 5.58. The molecule has 1 aromatic carbocycles. The lowest BCUT2D eigenvalue weighted by atomic mass is 10.0. The summed E-state index contributed by atoms with van der Waals surface area (Å²) < 4.78 is 0. The maximum atomic E-state index is 10.2. The topological polar surface area (TPSA) is 33.1 Å². The van der Waals surface area contributed by atoms with Gasteiger partial charge in [0.15, 0.2) is 0 Å². The average molecular weight is 296 g/mol. The van der Waals surface area contributed by atoms with Crippen LogP contribution in [0.3, 0.4) is 0 Å². The molecule has 0 saturated heterocycles. The van der Waals surface area contributed by atoms with Crippen LogP contribution in [0, 0.1) is 13.8 Å². The van der Waals surface area contributed by atoms with E-state index in [1.807, 2.05) is 13.8 Å². The van der Waals surface area contributed by atoms with Gasteiger partial charge in [-0.1, -0.05) is 52.5 Å². The van der Waals surface area contributed by atoms with E-state index in [0.717, 1.165) is 5.56 Å². The minimum atomic E-state index is -0.731. The van der Waals surface area contributed by atoms with Crippen molar-refractivity contribution in [2.75, 3.05) is 0 Å². The maximum absolute atomic E-state index is 10.2. The third-order valence-corrected chi connectivity index (χ3v) is 3.37. The molecule has 0 saturated carbocycles. The van der Waals surface area contributed by atoms with Gasteiger partial charge in [-0.3, -0.25) is 4.98 Å². The van der Waals surface area contributed by atoms with Crippen LogP contribution in [-0.2, 0) is 6.42 Å². The van der Waals surface area contributed by atoms with Crippen molar-refractivity contribution < 1.29 is 5.11 Å². The molecule has 1 unspecified atom stereocenters. The van der Waals surface area contributed by atoms with Crippen LogP contribution in [0.1, 0.15) is 28.5 Å². The van der Waals surface area contributed by atoms with Crippen molar-refractivity contribution in [3.63, 3.8) is 0 Å². The average Bonchev–Trinajstić information content (AvgIpc) is 2.26. The van der Waals surface area contributed by atoms with Gasteiger partial charge in [-0.25, -0.2) is 0 Å². The number of rotatable bonds is 3. The van der Waals surface area contributed by atoms with Crippen molar-refractivity contribution in [2.45, 2.75) is 26.4 Å². The minimum Gasteiger partial charge on any atom is -0.386 e. The van der Waals surface area contributed by atoms with Gasteiger partial charge in [0.1, 0.15) is 6.10 Å². The number of hydrogen-bond acceptors (Lipinski definition) is 2. The molecule has 2 nitrogen and oxygen atoms in total. The lowest BCUT2D eigenvalue weighted by Crippen LogP contribution is -2.05. The van der Waals surface area contributed by atoms with E-state index in [1.165, 1.54) is 17.3 Å². The smallest absolute Gasteiger partial charge is 0.101 e. The third kappa shape index (κ3) is 3.69. The molecule has 0 aliphatic carbocycles. The molecule has 1 N–H and O–H groups in total. The van der Waals surface area contributed by atoms with E-state index in [9.17, 15) is 5.11 Å². The summed E-state index contributed by atoms with van der Waals surface area (Å²) in [5.41, 5.74) is 3.89. The predicted molar refractivity (Wildman–Crippen MR) is 78.8 cm³/mol. The van der Waals surface area contributed by atoms with Gasteiger partial charge in [0, 0.05) is 12.6 Å². The van der Waals surface area contributed by atoms with Gasteiger partial charge in [0.2, 0.25) is 0 Å². The Morgan fingerprint density at radius 3 is 2.32 bits per heavy atom. The van der Waals surface area contributed by atoms with Crippen molar-refractivity contribution in [1.29, 1.82) is 0 Å². The van der Waals surface area contributed by atoms with E-state index in [2.05, 4.69) is 23.2 Å². The Labute approximate surface area is 123 Å². The van der Waals surface area contributed by atoms with Crippen molar-refractivity contribution in [3.05, 3.63) is 62.9 Å². The molecular formula is C15H15Cl2NO. The van der Waals surface area contributed by atoms with Crippen molar-refractivity contribution in [1.82, 2.24) is 4.98 Å². The van der Waals surface area contributed by atoms with Crippen molar-refractivity contribution >= 4 is 23.2 Å². The lowest BCUT2D eigenvalue weighted by Gasteiger charge is -2.13. The highest BCUT2D eigenvalue weighted by Crippen LogP contribution is 2.26. The number of aliphatic hydroxyl groups excluding tert-OH is 1. The van der Waals surface area contributed by atoms with Gasteiger partial charge in [-0.05, 0) is 25.5 Å². The van der Waals surface area contributed by atoms with Crippen LogP contribution >= 0.6 is 23.2 Å². The van der Waals surface area contributed by atoms with Gasteiger partial charge in [-0.15, -0.1) is 0 Å². The summed E-state index contributed by atoms with van der Waals surface area (Å²) in [5, 5.41) is 11.1. The summed E-state index contributed by atoms with van der Waals surface area (Å²) in [7, 11) is 0. The summed E-state index contributed by atoms with van der Waals surface area (Å²) in [4.78, 5) is 4.10. The fourth-order valence-electron chi connectivity index (χ4n) is 2.18. The van der Waals surface area contributed by atoms with E-state index >= 15 is 0 Å². The quantitative estimate of drug-likeness (QED) is 0.917. The van der Waals surface area contributed by atoms with Gasteiger partial charge >= 0.3 is 0 Å².